The molecule has 2 atom stereocenters. The molecule has 3 N–H and O–H groups in total. The fourth-order valence-corrected chi connectivity index (χ4v) is 3.87. The second-order valence-corrected chi connectivity index (χ2v) is 7.33. The van der Waals surface area contributed by atoms with Gasteiger partial charge in [0.1, 0.15) is 18.8 Å². The Bertz CT molecular complexity index is 1390. The van der Waals surface area contributed by atoms with Gasteiger partial charge in [-0.25, -0.2) is 4.68 Å². The van der Waals surface area contributed by atoms with Crippen LogP contribution in [0.2, 0.25) is 0 Å². The van der Waals surface area contributed by atoms with Crippen molar-refractivity contribution < 1.29 is 20.1 Å². The van der Waals surface area contributed by atoms with Crippen LogP contribution in [0.3, 0.4) is 0 Å². The number of aliphatic hydroxyl groups excluding tert-OH is 2. The van der Waals surface area contributed by atoms with Crippen molar-refractivity contribution in [2.24, 2.45) is 0 Å². The molecule has 3 heterocycles. The highest BCUT2D eigenvalue weighted by molar-refractivity contribution is 5.95. The highest BCUT2D eigenvalue weighted by Crippen LogP contribution is 2.35. The first kappa shape index (κ1) is 21.7. The van der Waals surface area contributed by atoms with Crippen LogP contribution in [-0.4, -0.2) is 65.9 Å². The molecule has 10 heteroatoms. The van der Waals surface area contributed by atoms with E-state index in [-0.39, 0.29) is 24.5 Å². The highest BCUT2D eigenvalue weighted by atomic mass is 16.3. The smallest absolute Gasteiger partial charge is 0.275 e. The van der Waals surface area contributed by atoms with E-state index in [4.69, 9.17) is 10.2 Å². The van der Waals surface area contributed by atoms with Crippen LogP contribution < -0.4 is 5.43 Å². The second kappa shape index (κ2) is 8.91. The molecule has 0 spiro atoms. The summed E-state index contributed by atoms with van der Waals surface area (Å²) in [4.78, 5) is 26.1. The lowest BCUT2D eigenvalue weighted by Crippen LogP contribution is -2.46. The summed E-state index contributed by atoms with van der Waals surface area (Å²) < 4.78 is 2.93. The number of rotatable bonds is 3. The molecule has 1 aromatic carbocycles. The van der Waals surface area contributed by atoms with Crippen molar-refractivity contribution in [3.05, 3.63) is 75.5 Å². The molecule has 1 amide bonds. The van der Waals surface area contributed by atoms with Crippen molar-refractivity contribution in [2.75, 3.05) is 20.2 Å². The molecule has 0 aliphatic carbocycles. The Kier molecular flexibility index (Phi) is 5.85. The number of benzene rings is 1. The van der Waals surface area contributed by atoms with Gasteiger partial charge >= 0.3 is 0 Å². The molecule has 33 heavy (non-hydrogen) atoms. The maximum Gasteiger partial charge on any atom is 0.275 e. The van der Waals surface area contributed by atoms with E-state index >= 15 is 0 Å². The number of nitrogens with zero attached hydrogens (tertiary/aromatic N) is 5. The average molecular weight is 445 g/mol. The van der Waals surface area contributed by atoms with Gasteiger partial charge in [0.15, 0.2) is 17.1 Å². The van der Waals surface area contributed by atoms with Gasteiger partial charge in [0.25, 0.3) is 5.91 Å². The molecule has 0 bridgehead atoms. The Labute approximate surface area is 188 Å². The van der Waals surface area contributed by atoms with E-state index in [9.17, 15) is 14.7 Å². The SMILES string of the molecule is CN1C[C@H]([C@H](c2ccccc2)n2cc(C#CCO)c(C#CO)n2)n2ncc(=O)c(O)c2C1=O. The number of fused-ring (bicyclic) bond motifs is 1. The Morgan fingerprint density at radius 1 is 1.21 bits per heavy atom. The third-order valence-corrected chi connectivity index (χ3v) is 5.31. The van der Waals surface area contributed by atoms with Crippen LogP contribution in [0, 0.1) is 23.9 Å². The van der Waals surface area contributed by atoms with Crippen LogP contribution in [0.5, 0.6) is 5.75 Å². The normalized spacial score (nSPS) is 15.6. The zero-order valence-electron chi connectivity index (χ0n) is 17.5. The number of amides is 1. The van der Waals surface area contributed by atoms with Gasteiger partial charge in [-0.15, -0.1) is 0 Å². The molecule has 4 rings (SSSR count). The number of aromatic nitrogens is 4. The van der Waals surface area contributed by atoms with E-state index < -0.39 is 29.2 Å². The first-order valence-electron chi connectivity index (χ1n) is 9.91. The van der Waals surface area contributed by atoms with Gasteiger partial charge in [0.2, 0.25) is 5.43 Å². The van der Waals surface area contributed by atoms with E-state index in [2.05, 4.69) is 28.0 Å². The molecule has 0 saturated heterocycles. The molecule has 0 unspecified atom stereocenters. The van der Waals surface area contributed by atoms with E-state index in [1.807, 2.05) is 36.4 Å². The number of aromatic hydroxyl groups is 1. The van der Waals surface area contributed by atoms with Gasteiger partial charge in [-0.2, -0.15) is 10.2 Å². The number of hydrogen-bond donors (Lipinski definition) is 3. The van der Waals surface area contributed by atoms with Crippen LogP contribution in [0.4, 0.5) is 0 Å². The molecular weight excluding hydrogens is 426 g/mol. The third-order valence-electron chi connectivity index (χ3n) is 5.31. The standard InChI is InChI=1S/C23H19N5O5/c1-26-14-18(28-21(23(26)33)22(32)19(31)12-24-28)20(15-6-3-2-4-7-15)27-13-16(8-5-10-29)17(25-27)9-11-30/h2-4,6-7,12-13,18,20,29-30,32H,10,14H2,1H3/t18-,20+/m1/s1. The average Bonchev–Trinajstić information content (AvgIpc) is 3.20. The molecule has 0 fully saturated rings. The largest absolute Gasteiger partial charge is 0.502 e. The van der Waals surface area contributed by atoms with Crippen LogP contribution in [0.25, 0.3) is 0 Å². The summed E-state index contributed by atoms with van der Waals surface area (Å²) >= 11 is 0. The summed E-state index contributed by atoms with van der Waals surface area (Å²) in [6.07, 6.45) is 4.41. The number of aliphatic hydroxyl groups is 2. The van der Waals surface area contributed by atoms with Crippen molar-refractivity contribution in [3.8, 4) is 29.6 Å². The van der Waals surface area contributed by atoms with Gasteiger partial charge in [0, 0.05) is 19.8 Å². The lowest BCUT2D eigenvalue weighted by molar-refractivity contribution is 0.0667. The molecule has 166 valence electrons. The predicted molar refractivity (Wildman–Crippen MR) is 116 cm³/mol. The number of likely N-dealkylation sites (N-methyl/N-ethyl adjacent to an activating group) is 1. The summed E-state index contributed by atoms with van der Waals surface area (Å²) in [5, 5.41) is 37.2. The van der Waals surface area contributed by atoms with Gasteiger partial charge in [-0.1, -0.05) is 42.2 Å². The van der Waals surface area contributed by atoms with E-state index in [1.54, 1.807) is 17.9 Å². The van der Waals surface area contributed by atoms with Crippen molar-refractivity contribution >= 4 is 5.91 Å². The Morgan fingerprint density at radius 2 is 1.97 bits per heavy atom. The highest BCUT2D eigenvalue weighted by Gasteiger charge is 2.39. The van der Waals surface area contributed by atoms with Crippen LogP contribution in [-0.2, 0) is 0 Å². The Hall–Kier alpha value is -4.54. The molecule has 3 aromatic rings. The van der Waals surface area contributed by atoms with Crippen LogP contribution in [0.15, 0.2) is 47.5 Å². The third kappa shape index (κ3) is 3.91. The topological polar surface area (TPSA) is 134 Å². The Morgan fingerprint density at radius 3 is 2.67 bits per heavy atom. The summed E-state index contributed by atoms with van der Waals surface area (Å²) in [6, 6.07) is 8.19. The summed E-state index contributed by atoms with van der Waals surface area (Å²) in [6.45, 7) is -0.155. The van der Waals surface area contributed by atoms with Crippen molar-refractivity contribution in [1.29, 1.82) is 0 Å². The van der Waals surface area contributed by atoms with Crippen LogP contribution in [0.1, 0.15) is 39.4 Å². The maximum atomic E-state index is 12.7. The summed E-state index contributed by atoms with van der Waals surface area (Å²) in [5.74, 6) is 6.60. The summed E-state index contributed by atoms with van der Waals surface area (Å²) in [5.41, 5.74) is 0.452. The molecule has 10 nitrogen and oxygen atoms in total. The van der Waals surface area contributed by atoms with Crippen molar-refractivity contribution in [3.63, 3.8) is 0 Å². The number of carbonyl (C=O) groups excluding carboxylic acids is 1. The van der Waals surface area contributed by atoms with E-state index in [0.717, 1.165) is 11.8 Å². The quantitative estimate of drug-likeness (QED) is 0.487. The Balaban J connectivity index is 1.95. The van der Waals surface area contributed by atoms with Crippen molar-refractivity contribution in [1.82, 2.24) is 24.5 Å². The molecular formula is C23H19N5O5. The zero-order valence-corrected chi connectivity index (χ0v) is 17.5. The molecule has 1 aliphatic heterocycles. The van der Waals surface area contributed by atoms with Gasteiger partial charge < -0.3 is 20.2 Å². The zero-order chi connectivity index (χ0) is 23.5. The van der Waals surface area contributed by atoms with E-state index in [0.29, 0.717) is 5.56 Å². The first-order chi connectivity index (χ1) is 16.0. The lowest BCUT2D eigenvalue weighted by Gasteiger charge is -2.37. The molecule has 0 radical (unpaired) electrons. The van der Waals surface area contributed by atoms with Crippen LogP contribution >= 0.6 is 0 Å². The second-order valence-electron chi connectivity index (χ2n) is 7.33. The monoisotopic (exact) mass is 445 g/mol. The lowest BCUT2D eigenvalue weighted by atomic mass is 9.97. The number of hydrogen-bond acceptors (Lipinski definition) is 7. The number of carbonyl (C=O) groups is 1. The first-order valence-corrected chi connectivity index (χ1v) is 9.91. The van der Waals surface area contributed by atoms with Gasteiger partial charge in [-0.05, 0) is 11.5 Å². The minimum atomic E-state index is -0.749. The fourth-order valence-electron chi connectivity index (χ4n) is 3.87. The maximum absolute atomic E-state index is 12.7. The summed E-state index contributed by atoms with van der Waals surface area (Å²) in [7, 11) is 1.57. The predicted octanol–water partition coefficient (Wildman–Crippen LogP) is 0.0870. The van der Waals surface area contributed by atoms with Gasteiger partial charge in [0.05, 0.1) is 17.8 Å². The minimum Gasteiger partial charge on any atom is -0.502 e. The molecule has 1 aliphatic rings. The molecule has 2 aromatic heterocycles. The fraction of sp³-hybridized carbons (Fsp3) is 0.217. The minimum absolute atomic E-state index is 0.204. The van der Waals surface area contributed by atoms with Gasteiger partial charge in [-0.3, -0.25) is 14.3 Å². The van der Waals surface area contributed by atoms with E-state index in [1.165, 1.54) is 9.58 Å². The molecule has 0 saturated carbocycles. The van der Waals surface area contributed by atoms with Crippen molar-refractivity contribution in [2.45, 2.75) is 12.1 Å².